The van der Waals surface area contributed by atoms with Crippen molar-refractivity contribution in [1.29, 1.82) is 0 Å². The molecule has 12 nitrogen and oxygen atoms in total. The smallest absolute Gasteiger partial charge is 0.336 e. The zero-order valence-electron chi connectivity index (χ0n) is 29.1. The molecule has 0 spiro atoms. The van der Waals surface area contributed by atoms with Crippen LogP contribution in [0.15, 0.2) is 58.9 Å². The third kappa shape index (κ3) is 7.91. The first-order valence-electron chi connectivity index (χ1n) is 17.1. The van der Waals surface area contributed by atoms with Crippen LogP contribution in [0, 0.1) is 10.1 Å². The Hall–Kier alpha value is -4.42. The van der Waals surface area contributed by atoms with E-state index in [1.165, 1.54) is 30.4 Å². The second-order valence-electron chi connectivity index (χ2n) is 12.9. The Balaban J connectivity index is 1.10. The fourth-order valence-corrected chi connectivity index (χ4v) is 7.55. The lowest BCUT2D eigenvalue weighted by Crippen LogP contribution is -2.47. The SMILES string of the molecule is COC(=O)C1=C(C)NC(C)=C(C(=O)OCCCCCCNC2CCN3CCc4c(ccc(OC)c4OC)C3C2)C1c1cccc([N+](=O)[O-])c1. The molecule has 2 aromatic rings. The molecule has 3 aliphatic heterocycles. The molecule has 0 aromatic heterocycles. The summed E-state index contributed by atoms with van der Waals surface area (Å²) in [5.41, 5.74) is 4.41. The molecule has 3 unspecified atom stereocenters. The van der Waals surface area contributed by atoms with Gasteiger partial charge in [-0.3, -0.25) is 15.0 Å². The minimum atomic E-state index is -0.869. The molecule has 264 valence electrons. The lowest BCUT2D eigenvalue weighted by Gasteiger charge is -2.44. The van der Waals surface area contributed by atoms with E-state index in [2.05, 4.69) is 21.6 Å². The fraction of sp³-hybridized carbons (Fsp3) is 0.514. The maximum absolute atomic E-state index is 13.5. The number of rotatable bonds is 14. The van der Waals surface area contributed by atoms with Gasteiger partial charge in [0.2, 0.25) is 0 Å². The van der Waals surface area contributed by atoms with Gasteiger partial charge in [-0.2, -0.15) is 0 Å². The number of esters is 2. The molecule has 5 rings (SSSR count). The minimum absolute atomic E-state index is 0.135. The number of benzene rings is 2. The van der Waals surface area contributed by atoms with Crippen molar-refractivity contribution in [3.05, 3.63) is 85.7 Å². The van der Waals surface area contributed by atoms with Crippen LogP contribution in [0.3, 0.4) is 0 Å². The van der Waals surface area contributed by atoms with Crippen molar-refractivity contribution in [3.8, 4) is 11.5 Å². The summed E-state index contributed by atoms with van der Waals surface area (Å²) in [4.78, 5) is 39.9. The summed E-state index contributed by atoms with van der Waals surface area (Å²) in [6, 6.07) is 11.0. The van der Waals surface area contributed by atoms with Crippen molar-refractivity contribution in [3.63, 3.8) is 0 Å². The lowest BCUT2D eigenvalue weighted by molar-refractivity contribution is -0.384. The number of nitrogens with zero attached hydrogens (tertiary/aromatic N) is 2. The molecule has 3 atom stereocenters. The standard InChI is InChI=1S/C37H48N4O8/c1-23-32(36(42)48-5)34(25-11-10-12-27(21-25)41(44)45)33(24(2)39-23)37(43)49-20-9-7-6-8-17-38-26-15-18-40-19-16-29-28(30(40)22-26)13-14-31(46-3)35(29)47-4/h10-14,21,26,30,34,38-39H,6-9,15-20,22H2,1-5H3. The van der Waals surface area contributed by atoms with Gasteiger partial charge in [0, 0.05) is 54.3 Å². The van der Waals surface area contributed by atoms with Crippen LogP contribution in [-0.4, -0.2) is 75.4 Å². The molecule has 0 bridgehead atoms. The predicted molar refractivity (Wildman–Crippen MR) is 184 cm³/mol. The number of fused-ring (bicyclic) bond motifs is 3. The Kier molecular flexibility index (Phi) is 11.9. The summed E-state index contributed by atoms with van der Waals surface area (Å²) in [7, 11) is 4.66. The molecule has 2 aromatic carbocycles. The fourth-order valence-electron chi connectivity index (χ4n) is 7.55. The number of nitro benzene ring substituents is 1. The van der Waals surface area contributed by atoms with Crippen LogP contribution in [0.2, 0.25) is 0 Å². The molecule has 3 aliphatic rings. The molecule has 0 amide bonds. The van der Waals surface area contributed by atoms with Crippen LogP contribution in [0.5, 0.6) is 11.5 Å². The molecular formula is C37H48N4O8. The van der Waals surface area contributed by atoms with E-state index in [0.29, 0.717) is 35.5 Å². The highest BCUT2D eigenvalue weighted by Crippen LogP contribution is 2.44. The minimum Gasteiger partial charge on any atom is -0.493 e. The van der Waals surface area contributed by atoms with E-state index in [4.69, 9.17) is 18.9 Å². The Bertz CT molecular complexity index is 1620. The molecule has 12 heteroatoms. The normalized spacial score (nSPS) is 20.6. The average molecular weight is 677 g/mol. The highest BCUT2D eigenvalue weighted by atomic mass is 16.6. The Morgan fingerprint density at radius 1 is 0.980 bits per heavy atom. The van der Waals surface area contributed by atoms with Gasteiger partial charge in [0.25, 0.3) is 5.69 Å². The number of hydrogen-bond donors (Lipinski definition) is 2. The van der Waals surface area contributed by atoms with Gasteiger partial charge in [0.15, 0.2) is 11.5 Å². The highest BCUT2D eigenvalue weighted by Gasteiger charge is 2.39. The first-order valence-corrected chi connectivity index (χ1v) is 17.1. The number of unbranched alkanes of at least 4 members (excludes halogenated alkanes) is 3. The van der Waals surface area contributed by atoms with E-state index in [9.17, 15) is 19.7 Å². The van der Waals surface area contributed by atoms with Crippen molar-refractivity contribution in [2.45, 2.75) is 76.8 Å². The number of piperidine rings is 1. The van der Waals surface area contributed by atoms with Crippen LogP contribution in [-0.2, 0) is 25.5 Å². The van der Waals surface area contributed by atoms with Gasteiger partial charge in [-0.25, -0.2) is 9.59 Å². The van der Waals surface area contributed by atoms with E-state index < -0.39 is 22.8 Å². The number of nitro groups is 1. The molecule has 0 saturated carbocycles. The number of dihydropyridines is 1. The van der Waals surface area contributed by atoms with Crippen LogP contribution in [0.4, 0.5) is 5.69 Å². The molecule has 2 N–H and O–H groups in total. The number of non-ortho nitro benzene ring substituents is 1. The third-order valence-corrected chi connectivity index (χ3v) is 9.94. The van der Waals surface area contributed by atoms with Crippen molar-refractivity contribution in [2.75, 3.05) is 47.6 Å². The van der Waals surface area contributed by atoms with Crippen LogP contribution >= 0.6 is 0 Å². The molecular weight excluding hydrogens is 628 g/mol. The van der Waals surface area contributed by atoms with Crippen LogP contribution in [0.25, 0.3) is 0 Å². The molecule has 1 saturated heterocycles. The summed E-state index contributed by atoms with van der Waals surface area (Å²) >= 11 is 0. The number of ether oxygens (including phenoxy) is 4. The molecule has 3 heterocycles. The average Bonchev–Trinajstić information content (AvgIpc) is 3.11. The maximum Gasteiger partial charge on any atom is 0.336 e. The van der Waals surface area contributed by atoms with Crippen molar-refractivity contribution in [1.82, 2.24) is 15.5 Å². The number of hydrogen-bond acceptors (Lipinski definition) is 11. The van der Waals surface area contributed by atoms with Crippen LogP contribution in [0.1, 0.15) is 81.0 Å². The van der Waals surface area contributed by atoms with Gasteiger partial charge >= 0.3 is 11.9 Å². The van der Waals surface area contributed by atoms with E-state index in [-0.39, 0.29) is 23.4 Å². The summed E-state index contributed by atoms with van der Waals surface area (Å²) in [5, 5.41) is 18.4. The Labute approximate surface area is 288 Å². The van der Waals surface area contributed by atoms with E-state index >= 15 is 0 Å². The monoisotopic (exact) mass is 676 g/mol. The Morgan fingerprint density at radius 3 is 2.45 bits per heavy atom. The molecule has 0 radical (unpaired) electrons. The van der Waals surface area contributed by atoms with Gasteiger partial charge in [0.1, 0.15) is 0 Å². The second kappa shape index (κ2) is 16.3. The summed E-state index contributed by atoms with van der Waals surface area (Å²) in [6.07, 6.45) is 6.79. The van der Waals surface area contributed by atoms with E-state index in [1.54, 1.807) is 40.2 Å². The second-order valence-corrected chi connectivity index (χ2v) is 12.9. The number of methoxy groups -OCH3 is 3. The van der Waals surface area contributed by atoms with Gasteiger partial charge in [-0.15, -0.1) is 0 Å². The number of carbonyl (C=O) groups is 2. The van der Waals surface area contributed by atoms with Gasteiger partial charge in [-0.1, -0.05) is 31.0 Å². The van der Waals surface area contributed by atoms with Crippen molar-refractivity contribution < 1.29 is 33.5 Å². The number of carbonyl (C=O) groups excluding carboxylic acids is 2. The number of nitrogens with one attached hydrogen (secondary N) is 2. The number of allylic oxidation sites excluding steroid dienone is 2. The van der Waals surface area contributed by atoms with Gasteiger partial charge in [0.05, 0.1) is 49.9 Å². The zero-order chi connectivity index (χ0) is 35.1. The van der Waals surface area contributed by atoms with E-state index in [0.717, 1.165) is 69.7 Å². The van der Waals surface area contributed by atoms with Crippen molar-refractivity contribution in [2.24, 2.45) is 0 Å². The predicted octanol–water partition coefficient (Wildman–Crippen LogP) is 5.47. The summed E-state index contributed by atoms with van der Waals surface area (Å²) in [6.45, 7) is 6.71. The van der Waals surface area contributed by atoms with Crippen molar-refractivity contribution >= 4 is 17.6 Å². The van der Waals surface area contributed by atoms with Crippen LogP contribution < -0.4 is 20.1 Å². The maximum atomic E-state index is 13.5. The summed E-state index contributed by atoms with van der Waals surface area (Å²) < 4.78 is 22.0. The zero-order valence-corrected chi connectivity index (χ0v) is 29.1. The Morgan fingerprint density at radius 2 is 1.73 bits per heavy atom. The molecule has 49 heavy (non-hydrogen) atoms. The van der Waals surface area contributed by atoms with Gasteiger partial charge < -0.3 is 29.6 Å². The molecule has 0 aliphatic carbocycles. The summed E-state index contributed by atoms with van der Waals surface area (Å²) in [5.74, 6) is -0.404. The quantitative estimate of drug-likeness (QED) is 0.114. The third-order valence-electron chi connectivity index (χ3n) is 9.94. The van der Waals surface area contributed by atoms with Gasteiger partial charge in [-0.05, 0) is 69.7 Å². The largest absolute Gasteiger partial charge is 0.493 e. The topological polar surface area (TPSA) is 142 Å². The first kappa shape index (κ1) is 35.9. The lowest BCUT2D eigenvalue weighted by atomic mass is 9.80. The highest BCUT2D eigenvalue weighted by molar-refractivity contribution is 5.99. The molecule has 1 fully saturated rings. The van der Waals surface area contributed by atoms with E-state index in [1.807, 2.05) is 6.07 Å². The first-order chi connectivity index (χ1) is 23.7.